The molecular formula is C15H12Cl2N4O2. The van der Waals surface area contributed by atoms with Crippen molar-refractivity contribution in [2.75, 3.05) is 5.73 Å². The van der Waals surface area contributed by atoms with Gasteiger partial charge in [0, 0.05) is 22.2 Å². The molecule has 1 aliphatic rings. The Bertz CT molecular complexity index is 823. The molecular weight excluding hydrogens is 339 g/mol. The molecule has 0 aliphatic carbocycles. The van der Waals surface area contributed by atoms with Gasteiger partial charge in [0.25, 0.3) is 0 Å². The van der Waals surface area contributed by atoms with E-state index < -0.39 is 0 Å². The Labute approximate surface area is 142 Å². The molecule has 0 saturated carbocycles. The smallest absolute Gasteiger partial charge is 0.250 e. The van der Waals surface area contributed by atoms with Gasteiger partial charge in [-0.2, -0.15) is 0 Å². The van der Waals surface area contributed by atoms with Crippen LogP contribution in [-0.4, -0.2) is 25.9 Å². The lowest BCUT2D eigenvalue weighted by molar-refractivity contribution is -0.126. The number of hydrogen-bond acceptors (Lipinski definition) is 5. The van der Waals surface area contributed by atoms with Gasteiger partial charge in [0.15, 0.2) is 0 Å². The van der Waals surface area contributed by atoms with Gasteiger partial charge in [-0.3, -0.25) is 4.79 Å². The predicted molar refractivity (Wildman–Crippen MR) is 87.9 cm³/mol. The first-order valence-electron chi connectivity index (χ1n) is 6.70. The summed E-state index contributed by atoms with van der Waals surface area (Å²) in [5, 5.41) is 9.71. The number of nitrogens with zero attached hydrogens (tertiary/aromatic N) is 3. The van der Waals surface area contributed by atoms with Crippen LogP contribution in [-0.2, 0) is 17.9 Å². The van der Waals surface area contributed by atoms with Crippen LogP contribution in [0.1, 0.15) is 11.3 Å². The monoisotopic (exact) mass is 350 g/mol. The Morgan fingerprint density at radius 1 is 1.30 bits per heavy atom. The number of aliphatic hydroxyl groups excluding tert-OH is 1. The molecule has 3 N–H and O–H groups in total. The molecule has 3 rings (SSSR count). The van der Waals surface area contributed by atoms with Crippen LogP contribution in [0.25, 0.3) is 11.3 Å². The Hall–Kier alpha value is -2.31. The van der Waals surface area contributed by atoms with Gasteiger partial charge in [0.2, 0.25) is 11.9 Å². The molecule has 0 radical (unpaired) electrons. The van der Waals surface area contributed by atoms with Crippen molar-refractivity contribution in [2.45, 2.75) is 13.1 Å². The number of aromatic nitrogens is 2. The van der Waals surface area contributed by atoms with Crippen molar-refractivity contribution in [3.05, 3.63) is 51.8 Å². The number of aliphatic hydroxyl groups is 1. The Morgan fingerprint density at radius 2 is 2.09 bits per heavy atom. The van der Waals surface area contributed by atoms with Crippen LogP contribution in [0.3, 0.4) is 0 Å². The topological polar surface area (TPSA) is 92.3 Å². The summed E-state index contributed by atoms with van der Waals surface area (Å²) < 4.78 is 0. The molecule has 8 heteroatoms. The first-order valence-corrected chi connectivity index (χ1v) is 7.45. The van der Waals surface area contributed by atoms with Crippen LogP contribution >= 0.6 is 23.2 Å². The van der Waals surface area contributed by atoms with Crippen LogP contribution in [0.2, 0.25) is 10.0 Å². The molecule has 0 fully saturated rings. The zero-order valence-corrected chi connectivity index (χ0v) is 13.3. The van der Waals surface area contributed by atoms with Crippen LogP contribution in [0.5, 0.6) is 0 Å². The third-order valence-electron chi connectivity index (χ3n) is 3.51. The number of nitrogens with two attached hydrogens (primary N) is 1. The highest BCUT2D eigenvalue weighted by Gasteiger charge is 2.28. The second-order valence-electron chi connectivity index (χ2n) is 4.99. The van der Waals surface area contributed by atoms with E-state index in [2.05, 4.69) is 9.97 Å². The first-order chi connectivity index (χ1) is 11.0. The highest BCUT2D eigenvalue weighted by Crippen LogP contribution is 2.35. The number of nitrogen functional groups attached to an aromatic ring is 1. The van der Waals surface area contributed by atoms with Crippen molar-refractivity contribution in [1.29, 1.82) is 0 Å². The summed E-state index contributed by atoms with van der Waals surface area (Å²) in [5.41, 5.74) is 8.48. The maximum Gasteiger partial charge on any atom is 0.250 e. The van der Waals surface area contributed by atoms with Crippen molar-refractivity contribution in [1.82, 2.24) is 14.9 Å². The van der Waals surface area contributed by atoms with Crippen molar-refractivity contribution in [3.63, 3.8) is 0 Å². The highest BCUT2D eigenvalue weighted by molar-refractivity contribution is 6.36. The zero-order chi connectivity index (χ0) is 16.6. The molecule has 0 unspecified atom stereocenters. The average Bonchev–Trinajstić information content (AvgIpc) is 2.91. The Balaban J connectivity index is 2.07. The molecule has 1 aromatic heterocycles. The summed E-state index contributed by atoms with van der Waals surface area (Å²) in [6.07, 6.45) is 1.79. The van der Waals surface area contributed by atoms with Gasteiger partial charge in [-0.25, -0.2) is 9.97 Å². The van der Waals surface area contributed by atoms with E-state index in [0.717, 1.165) is 11.6 Å². The molecule has 118 valence electrons. The van der Waals surface area contributed by atoms with E-state index in [0.29, 0.717) is 46.3 Å². The number of fused-ring (bicyclic) bond motifs is 1. The van der Waals surface area contributed by atoms with E-state index >= 15 is 0 Å². The van der Waals surface area contributed by atoms with Gasteiger partial charge in [-0.15, -0.1) is 0 Å². The Kier molecular flexibility index (Phi) is 4.11. The van der Waals surface area contributed by atoms with Gasteiger partial charge < -0.3 is 15.7 Å². The summed E-state index contributed by atoms with van der Waals surface area (Å²) in [7, 11) is 0. The minimum Gasteiger partial charge on any atom is -0.515 e. The third kappa shape index (κ3) is 2.95. The summed E-state index contributed by atoms with van der Waals surface area (Å²) in [6.45, 7) is 0.608. The normalized spacial score (nSPS) is 13.6. The summed E-state index contributed by atoms with van der Waals surface area (Å²) in [5.74, 6) is -0.214. The summed E-state index contributed by atoms with van der Waals surface area (Å²) >= 11 is 12.2. The number of halogens is 2. The fraction of sp³-hybridized carbons (Fsp3) is 0.133. The standard InChI is InChI=1S/C15H12Cl2N4O2/c16-8-1-2-9(11(17)5-8)14-10-6-21(13(23)3-4-22)7-12(10)19-15(18)20-14/h1-5,22H,6-7H2,(H2,18,19,20). The van der Waals surface area contributed by atoms with E-state index in [-0.39, 0.29) is 11.9 Å². The predicted octanol–water partition coefficient (Wildman–Crippen LogP) is 2.95. The van der Waals surface area contributed by atoms with E-state index in [1.165, 1.54) is 4.90 Å². The summed E-state index contributed by atoms with van der Waals surface area (Å²) in [6, 6.07) is 5.08. The summed E-state index contributed by atoms with van der Waals surface area (Å²) in [4.78, 5) is 21.9. The molecule has 1 aromatic carbocycles. The lowest BCUT2D eigenvalue weighted by Gasteiger charge is -2.12. The number of carbonyl (C=O) groups excluding carboxylic acids is 1. The average molecular weight is 351 g/mol. The molecule has 23 heavy (non-hydrogen) atoms. The van der Waals surface area contributed by atoms with Crippen LogP contribution in [0.4, 0.5) is 5.95 Å². The maximum atomic E-state index is 11.9. The number of rotatable bonds is 2. The van der Waals surface area contributed by atoms with Crippen LogP contribution < -0.4 is 5.73 Å². The van der Waals surface area contributed by atoms with E-state index in [9.17, 15) is 4.79 Å². The van der Waals surface area contributed by atoms with E-state index in [4.69, 9.17) is 34.0 Å². The SMILES string of the molecule is Nc1nc2c(c(-c3ccc(Cl)cc3Cl)n1)CN(C(=O)C=CO)C2. The molecule has 0 spiro atoms. The van der Waals surface area contributed by atoms with Gasteiger partial charge in [0.05, 0.1) is 35.8 Å². The molecule has 2 heterocycles. The molecule has 0 atom stereocenters. The number of carbonyl (C=O) groups is 1. The molecule has 1 amide bonds. The quantitative estimate of drug-likeness (QED) is 0.641. The molecule has 0 bridgehead atoms. The van der Waals surface area contributed by atoms with Crippen LogP contribution in [0.15, 0.2) is 30.5 Å². The largest absolute Gasteiger partial charge is 0.515 e. The van der Waals surface area contributed by atoms with Crippen molar-refractivity contribution >= 4 is 35.1 Å². The van der Waals surface area contributed by atoms with Crippen LogP contribution in [0, 0.1) is 0 Å². The van der Waals surface area contributed by atoms with Gasteiger partial charge in [-0.05, 0) is 18.2 Å². The number of amides is 1. The van der Waals surface area contributed by atoms with Crippen molar-refractivity contribution in [2.24, 2.45) is 0 Å². The minimum atomic E-state index is -0.322. The molecule has 2 aromatic rings. The van der Waals surface area contributed by atoms with E-state index in [1.807, 2.05) is 0 Å². The van der Waals surface area contributed by atoms with Gasteiger partial charge in [-0.1, -0.05) is 23.2 Å². The zero-order valence-electron chi connectivity index (χ0n) is 11.8. The number of benzene rings is 1. The molecule has 1 aliphatic heterocycles. The number of hydrogen-bond donors (Lipinski definition) is 2. The van der Waals surface area contributed by atoms with Gasteiger partial charge >= 0.3 is 0 Å². The Morgan fingerprint density at radius 3 is 2.78 bits per heavy atom. The maximum absolute atomic E-state index is 11.9. The molecule has 0 saturated heterocycles. The second-order valence-corrected chi connectivity index (χ2v) is 5.83. The lowest BCUT2D eigenvalue weighted by atomic mass is 10.1. The highest BCUT2D eigenvalue weighted by atomic mass is 35.5. The van der Waals surface area contributed by atoms with Crippen molar-refractivity contribution in [3.8, 4) is 11.3 Å². The first kappa shape index (κ1) is 15.6. The third-order valence-corrected chi connectivity index (χ3v) is 4.06. The minimum absolute atomic E-state index is 0.108. The fourth-order valence-electron chi connectivity index (χ4n) is 2.50. The van der Waals surface area contributed by atoms with Gasteiger partial charge in [0.1, 0.15) is 0 Å². The lowest BCUT2D eigenvalue weighted by Crippen LogP contribution is -2.23. The molecule has 6 nitrogen and oxygen atoms in total. The van der Waals surface area contributed by atoms with Crippen molar-refractivity contribution < 1.29 is 9.90 Å². The van der Waals surface area contributed by atoms with E-state index in [1.54, 1.807) is 18.2 Å². The fourth-order valence-corrected chi connectivity index (χ4v) is 3.00. The number of anilines is 1. The second kappa shape index (κ2) is 6.06.